The molecule has 0 aromatic carbocycles. The van der Waals surface area contributed by atoms with Crippen LogP contribution in [0.25, 0.3) is 34.4 Å². The van der Waals surface area contributed by atoms with Gasteiger partial charge in [0.1, 0.15) is 0 Å². The van der Waals surface area contributed by atoms with E-state index in [9.17, 15) is 50.4 Å². The van der Waals surface area contributed by atoms with Crippen LogP contribution in [0.1, 0.15) is 0 Å². The van der Waals surface area contributed by atoms with Crippen LogP contribution in [0.2, 0.25) is 0 Å². The minimum Gasteiger partial charge on any atom is -0.255 e. The second-order valence-corrected chi connectivity index (χ2v) is 12.8. The summed E-state index contributed by atoms with van der Waals surface area (Å²) >= 11 is 0. The summed E-state index contributed by atoms with van der Waals surface area (Å²) in [6, 6.07) is 26.7. The molecule has 6 rings (SSSR count). The number of rotatable bonds is 3. The van der Waals surface area contributed by atoms with Crippen molar-refractivity contribution in [3.8, 4) is 34.4 Å². The van der Waals surface area contributed by atoms with Crippen LogP contribution < -0.4 is 0 Å². The number of hydrogen-bond donors (Lipinski definition) is 0. The molecule has 23 heteroatoms. The van der Waals surface area contributed by atoms with Crippen LogP contribution in [0.4, 0.5) is 50.4 Å². The van der Waals surface area contributed by atoms with Gasteiger partial charge in [0.05, 0.1) is 22.8 Å². The first-order valence-corrected chi connectivity index (χ1v) is 17.2. The Bertz CT molecular complexity index is 1520. The van der Waals surface area contributed by atoms with Gasteiger partial charge in [-0.2, -0.15) is 0 Å². The number of pyridine rings is 4. The summed E-state index contributed by atoms with van der Waals surface area (Å²) in [5.74, 6) is 1.11. The Morgan fingerprint density at radius 1 is 0.275 bits per heavy atom. The summed E-state index contributed by atoms with van der Waals surface area (Å²) < 4.78 is 118. The van der Waals surface area contributed by atoms with Crippen LogP contribution in [0.5, 0.6) is 0 Å². The molecule has 6 heterocycles. The third-order valence-electron chi connectivity index (χ3n) is 4.52. The molecule has 0 aliphatic heterocycles. The molecule has 278 valence electrons. The maximum absolute atomic E-state index is 10.7. The third-order valence-corrected chi connectivity index (χ3v) is 4.52. The molecule has 6 aromatic rings. The normalized spacial score (nSPS) is 13.2. The van der Waals surface area contributed by atoms with Gasteiger partial charge >= 0.3 is 66.0 Å². The molecule has 6 aromatic heterocycles. The van der Waals surface area contributed by atoms with E-state index >= 15 is 0 Å². The largest absolute Gasteiger partial charge is 0.255 e. The van der Waals surface area contributed by atoms with Crippen molar-refractivity contribution in [1.29, 1.82) is 0 Å². The standard InChI is InChI=1S/2C10H8N2.C8H6N4.2F6P.Ru/c2*1-3-7-11-9(5-1)10-6-2-4-8-12-10;1-3-9-7(10-4-1)8-11-5-2-6-12-8;2*1-7(2,3,4,5)6;/h2*1-8H;1-6H;;;/q;;;2*-1;. The first-order valence-electron chi connectivity index (χ1n) is 13.1. The van der Waals surface area contributed by atoms with Gasteiger partial charge in [0.25, 0.3) is 0 Å². The monoisotopic (exact) mass is 862 g/mol. The summed E-state index contributed by atoms with van der Waals surface area (Å²) in [5, 5.41) is 0. The Morgan fingerprint density at radius 3 is 0.608 bits per heavy atom. The van der Waals surface area contributed by atoms with E-state index in [0.29, 0.717) is 11.6 Å². The summed E-state index contributed by atoms with van der Waals surface area (Å²) in [6.07, 6.45) is 13.7. The molecule has 0 saturated heterocycles. The van der Waals surface area contributed by atoms with E-state index in [1.165, 1.54) is 0 Å². The van der Waals surface area contributed by atoms with Gasteiger partial charge in [0.15, 0.2) is 11.6 Å². The molecule has 0 N–H and O–H groups in total. The van der Waals surface area contributed by atoms with Crippen molar-refractivity contribution < 1.29 is 69.8 Å². The zero-order valence-electron chi connectivity index (χ0n) is 25.1. The SMILES string of the molecule is F[P-](F)(F)(F)(F)F.F[P-](F)(F)(F)(F)F.[Ru].c1ccc(-c2ccccn2)nc1.c1ccc(-c2ccccn2)nc1.c1cnc(-c2ncccn2)nc1. The van der Waals surface area contributed by atoms with Crippen molar-refractivity contribution >= 4 is 15.6 Å². The minimum atomic E-state index is -10.7. The first-order chi connectivity index (χ1) is 22.8. The Morgan fingerprint density at radius 2 is 0.451 bits per heavy atom. The molecule has 0 aliphatic rings. The fourth-order valence-corrected chi connectivity index (χ4v) is 2.89. The van der Waals surface area contributed by atoms with Crippen molar-refractivity contribution in [3.05, 3.63) is 135 Å². The molecule has 0 aliphatic carbocycles. The quantitative estimate of drug-likeness (QED) is 0.0984. The number of nitrogens with zero attached hydrogens (tertiary/aromatic N) is 8. The van der Waals surface area contributed by atoms with E-state index in [0.717, 1.165) is 22.8 Å². The van der Waals surface area contributed by atoms with Crippen LogP contribution in [0.15, 0.2) is 135 Å². The Hall–Kier alpha value is -4.60. The van der Waals surface area contributed by atoms with Crippen molar-refractivity contribution in [2.45, 2.75) is 0 Å². The fraction of sp³-hybridized carbons (Fsp3) is 0. The molecule has 8 nitrogen and oxygen atoms in total. The van der Waals surface area contributed by atoms with Gasteiger partial charge in [-0.3, -0.25) is 19.9 Å². The van der Waals surface area contributed by atoms with E-state index in [4.69, 9.17) is 0 Å². The average molecular weight is 862 g/mol. The van der Waals surface area contributed by atoms with Crippen molar-refractivity contribution in [3.63, 3.8) is 0 Å². The molecule has 51 heavy (non-hydrogen) atoms. The predicted molar refractivity (Wildman–Crippen MR) is 165 cm³/mol. The van der Waals surface area contributed by atoms with Crippen LogP contribution in [-0.2, 0) is 19.5 Å². The van der Waals surface area contributed by atoms with Crippen LogP contribution in [0, 0.1) is 0 Å². The second kappa shape index (κ2) is 16.6. The summed E-state index contributed by atoms with van der Waals surface area (Å²) in [4.78, 5) is 32.8. The molecular formula is C28H22F12N8P2Ru-2. The zero-order chi connectivity index (χ0) is 37.5. The van der Waals surface area contributed by atoms with Gasteiger partial charge in [-0.15, -0.1) is 0 Å². The molecule has 0 amide bonds. The predicted octanol–water partition coefficient (Wildman–Crippen LogP) is 12.0. The molecular weight excluding hydrogens is 839 g/mol. The van der Waals surface area contributed by atoms with E-state index in [2.05, 4.69) is 39.9 Å². The summed E-state index contributed by atoms with van der Waals surface area (Å²) in [5.41, 5.74) is 3.66. The molecule has 0 spiro atoms. The number of halogens is 12. The van der Waals surface area contributed by atoms with Gasteiger partial charge in [-0.1, -0.05) is 24.3 Å². The van der Waals surface area contributed by atoms with Gasteiger partial charge in [0.2, 0.25) is 0 Å². The molecule has 0 atom stereocenters. The maximum Gasteiger partial charge on any atom is 0.197 e. The van der Waals surface area contributed by atoms with Crippen molar-refractivity contribution in [2.75, 3.05) is 0 Å². The topological polar surface area (TPSA) is 103 Å². The summed E-state index contributed by atoms with van der Waals surface area (Å²) in [6.45, 7) is 0. The Balaban J connectivity index is 0.000000325. The van der Waals surface area contributed by atoms with Gasteiger partial charge in [0, 0.05) is 69.1 Å². The molecule has 0 radical (unpaired) electrons. The Labute approximate surface area is 293 Å². The second-order valence-electron chi connectivity index (χ2n) is 8.92. The molecule has 0 saturated carbocycles. The van der Waals surface area contributed by atoms with Crippen LogP contribution in [-0.4, -0.2) is 39.9 Å². The number of aromatic nitrogens is 8. The van der Waals surface area contributed by atoms with E-state index in [-0.39, 0.29) is 19.5 Å². The molecule has 0 unspecified atom stereocenters. The van der Waals surface area contributed by atoms with Crippen LogP contribution >= 0.6 is 15.6 Å². The van der Waals surface area contributed by atoms with Gasteiger partial charge in [-0.05, 0) is 60.7 Å². The fourth-order valence-electron chi connectivity index (χ4n) is 2.89. The molecule has 0 bridgehead atoms. The summed E-state index contributed by atoms with van der Waals surface area (Å²) in [7, 11) is -21.3. The van der Waals surface area contributed by atoms with Gasteiger partial charge < -0.3 is 0 Å². The maximum atomic E-state index is 9.87. The third kappa shape index (κ3) is 27.9. The Kier molecular flexibility index (Phi) is 14.5. The minimum absolute atomic E-state index is 0. The molecule has 0 fully saturated rings. The number of hydrogen-bond acceptors (Lipinski definition) is 8. The van der Waals surface area contributed by atoms with E-state index < -0.39 is 15.6 Å². The van der Waals surface area contributed by atoms with E-state index in [1.807, 2.05) is 72.8 Å². The van der Waals surface area contributed by atoms with Crippen molar-refractivity contribution in [2.24, 2.45) is 0 Å². The van der Waals surface area contributed by atoms with Crippen molar-refractivity contribution in [1.82, 2.24) is 39.9 Å². The first kappa shape index (κ1) is 44.4. The smallest absolute Gasteiger partial charge is 0.197 e. The zero-order valence-corrected chi connectivity index (χ0v) is 28.6. The van der Waals surface area contributed by atoms with Gasteiger partial charge in [-0.25, -0.2) is 19.9 Å². The van der Waals surface area contributed by atoms with E-state index in [1.54, 1.807) is 61.7 Å². The van der Waals surface area contributed by atoms with Crippen LogP contribution in [0.3, 0.4) is 0 Å². The average Bonchev–Trinajstić information content (AvgIpc) is 3.05.